The van der Waals surface area contributed by atoms with Crippen LogP contribution in [0.25, 0.3) is 0 Å². The third-order valence-corrected chi connectivity index (χ3v) is 4.09. The zero-order valence-corrected chi connectivity index (χ0v) is 14.5. The highest BCUT2D eigenvalue weighted by Crippen LogP contribution is 2.16. The minimum absolute atomic E-state index is 0.604. The van der Waals surface area contributed by atoms with Crippen molar-refractivity contribution in [3.63, 3.8) is 0 Å². The van der Waals surface area contributed by atoms with Crippen LogP contribution in [0.1, 0.15) is 13.8 Å². The van der Waals surface area contributed by atoms with E-state index in [9.17, 15) is 5.11 Å². The molecule has 4 nitrogen and oxygen atoms in total. The molecule has 0 bridgehead atoms. The summed E-state index contributed by atoms with van der Waals surface area (Å²) in [6, 6.07) is 7.94. The SMILES string of the molecule is CC(C)(O)CN1CCN(CCOc2ccc(Br)cc2)CC1. The topological polar surface area (TPSA) is 35.9 Å². The monoisotopic (exact) mass is 356 g/mol. The number of piperazine rings is 1. The molecule has 0 aliphatic carbocycles. The van der Waals surface area contributed by atoms with Crippen molar-refractivity contribution >= 4 is 15.9 Å². The van der Waals surface area contributed by atoms with Crippen LogP contribution in [0.2, 0.25) is 0 Å². The van der Waals surface area contributed by atoms with E-state index in [-0.39, 0.29) is 0 Å². The molecule has 1 fully saturated rings. The minimum atomic E-state index is -0.604. The van der Waals surface area contributed by atoms with Crippen molar-refractivity contribution in [1.82, 2.24) is 9.80 Å². The number of ether oxygens (including phenoxy) is 1. The number of benzene rings is 1. The van der Waals surface area contributed by atoms with Crippen LogP contribution < -0.4 is 4.74 Å². The molecule has 0 saturated carbocycles. The lowest BCUT2D eigenvalue weighted by molar-refractivity contribution is 0.0162. The summed E-state index contributed by atoms with van der Waals surface area (Å²) >= 11 is 3.42. The van der Waals surface area contributed by atoms with Crippen LogP contribution in [0.4, 0.5) is 0 Å². The highest BCUT2D eigenvalue weighted by Gasteiger charge is 2.22. The standard InChI is InChI=1S/C16H25BrN2O2/c1-16(2,20)13-19-9-7-18(8-10-19)11-12-21-15-5-3-14(17)4-6-15/h3-6,20H,7-13H2,1-2H3. The zero-order valence-electron chi connectivity index (χ0n) is 12.9. The summed E-state index contributed by atoms with van der Waals surface area (Å²) in [7, 11) is 0. The third-order valence-electron chi connectivity index (χ3n) is 3.57. The molecule has 0 unspecified atom stereocenters. The van der Waals surface area contributed by atoms with E-state index < -0.39 is 5.60 Å². The third kappa shape index (κ3) is 6.34. The fourth-order valence-electron chi connectivity index (χ4n) is 2.54. The summed E-state index contributed by atoms with van der Waals surface area (Å²) in [6.45, 7) is 10.3. The van der Waals surface area contributed by atoms with Gasteiger partial charge in [0.1, 0.15) is 12.4 Å². The first kappa shape index (κ1) is 16.7. The van der Waals surface area contributed by atoms with Crippen LogP contribution >= 0.6 is 15.9 Å². The van der Waals surface area contributed by atoms with Crippen molar-refractivity contribution in [2.45, 2.75) is 19.4 Å². The quantitative estimate of drug-likeness (QED) is 0.847. The van der Waals surface area contributed by atoms with E-state index in [0.29, 0.717) is 6.61 Å². The molecule has 0 atom stereocenters. The number of aliphatic hydroxyl groups is 1. The van der Waals surface area contributed by atoms with Crippen molar-refractivity contribution in [1.29, 1.82) is 0 Å². The number of nitrogens with zero attached hydrogens (tertiary/aromatic N) is 2. The Balaban J connectivity index is 1.64. The maximum atomic E-state index is 9.84. The summed E-state index contributed by atoms with van der Waals surface area (Å²) in [5.41, 5.74) is -0.604. The molecule has 2 rings (SSSR count). The van der Waals surface area contributed by atoms with Gasteiger partial charge < -0.3 is 9.84 Å². The Morgan fingerprint density at radius 2 is 1.67 bits per heavy atom. The summed E-state index contributed by atoms with van der Waals surface area (Å²) in [5.74, 6) is 0.916. The Morgan fingerprint density at radius 3 is 2.24 bits per heavy atom. The second kappa shape index (κ2) is 7.58. The number of hydrogen-bond acceptors (Lipinski definition) is 4. The first-order chi connectivity index (χ1) is 9.92. The van der Waals surface area contributed by atoms with E-state index >= 15 is 0 Å². The summed E-state index contributed by atoms with van der Waals surface area (Å²) in [6.07, 6.45) is 0. The lowest BCUT2D eigenvalue weighted by Gasteiger charge is -2.37. The van der Waals surface area contributed by atoms with Crippen LogP contribution in [-0.4, -0.2) is 66.4 Å². The van der Waals surface area contributed by atoms with Crippen LogP contribution in [0.5, 0.6) is 5.75 Å². The van der Waals surface area contributed by atoms with E-state index in [1.54, 1.807) is 0 Å². The molecular weight excluding hydrogens is 332 g/mol. The van der Waals surface area contributed by atoms with Gasteiger partial charge in [-0.25, -0.2) is 0 Å². The van der Waals surface area contributed by atoms with E-state index in [0.717, 1.165) is 49.5 Å². The average molecular weight is 357 g/mol. The lowest BCUT2D eigenvalue weighted by Crippen LogP contribution is -2.51. The summed E-state index contributed by atoms with van der Waals surface area (Å²) < 4.78 is 6.82. The minimum Gasteiger partial charge on any atom is -0.492 e. The number of rotatable bonds is 6. The van der Waals surface area contributed by atoms with E-state index in [1.165, 1.54) is 0 Å². The van der Waals surface area contributed by atoms with Crippen LogP contribution in [0.3, 0.4) is 0 Å². The average Bonchev–Trinajstić information content (AvgIpc) is 2.41. The molecule has 0 spiro atoms. The number of hydrogen-bond donors (Lipinski definition) is 1. The molecule has 1 aliphatic rings. The maximum absolute atomic E-state index is 9.84. The van der Waals surface area contributed by atoms with Crippen molar-refractivity contribution in [3.05, 3.63) is 28.7 Å². The molecule has 1 heterocycles. The van der Waals surface area contributed by atoms with Crippen LogP contribution in [-0.2, 0) is 0 Å². The smallest absolute Gasteiger partial charge is 0.119 e. The van der Waals surface area contributed by atoms with Gasteiger partial charge in [-0.3, -0.25) is 9.80 Å². The molecule has 5 heteroatoms. The highest BCUT2D eigenvalue weighted by molar-refractivity contribution is 9.10. The molecule has 1 aromatic rings. The molecule has 1 saturated heterocycles. The largest absolute Gasteiger partial charge is 0.492 e. The van der Waals surface area contributed by atoms with Gasteiger partial charge >= 0.3 is 0 Å². The van der Waals surface area contributed by atoms with Gasteiger partial charge in [-0.05, 0) is 38.1 Å². The van der Waals surface area contributed by atoms with Crippen molar-refractivity contribution < 1.29 is 9.84 Å². The maximum Gasteiger partial charge on any atom is 0.119 e. The van der Waals surface area contributed by atoms with Crippen molar-refractivity contribution in [2.75, 3.05) is 45.9 Å². The Bertz CT molecular complexity index is 423. The Kier molecular flexibility index (Phi) is 6.05. The van der Waals surface area contributed by atoms with Gasteiger partial charge in [0.15, 0.2) is 0 Å². The molecule has 1 aromatic carbocycles. The molecule has 1 aliphatic heterocycles. The lowest BCUT2D eigenvalue weighted by atomic mass is 10.1. The van der Waals surface area contributed by atoms with Gasteiger partial charge in [0.25, 0.3) is 0 Å². The molecule has 0 aromatic heterocycles. The molecular formula is C16H25BrN2O2. The molecule has 21 heavy (non-hydrogen) atoms. The summed E-state index contributed by atoms with van der Waals surface area (Å²) in [5, 5.41) is 9.84. The first-order valence-electron chi connectivity index (χ1n) is 7.48. The molecule has 0 radical (unpaired) electrons. The van der Waals surface area contributed by atoms with Gasteiger partial charge in [-0.1, -0.05) is 15.9 Å². The van der Waals surface area contributed by atoms with Gasteiger partial charge in [0.2, 0.25) is 0 Å². The van der Waals surface area contributed by atoms with Gasteiger partial charge in [-0.15, -0.1) is 0 Å². The zero-order chi connectivity index (χ0) is 15.3. The van der Waals surface area contributed by atoms with E-state index in [1.807, 2.05) is 38.1 Å². The first-order valence-corrected chi connectivity index (χ1v) is 8.27. The van der Waals surface area contributed by atoms with Gasteiger partial charge in [0, 0.05) is 43.7 Å². The van der Waals surface area contributed by atoms with E-state index in [2.05, 4.69) is 25.7 Å². The number of halogens is 1. The fourth-order valence-corrected chi connectivity index (χ4v) is 2.81. The molecule has 0 amide bonds. The van der Waals surface area contributed by atoms with Gasteiger partial charge in [-0.2, -0.15) is 0 Å². The molecule has 118 valence electrons. The predicted molar refractivity (Wildman–Crippen MR) is 88.8 cm³/mol. The van der Waals surface area contributed by atoms with Crippen LogP contribution in [0, 0.1) is 0 Å². The van der Waals surface area contributed by atoms with Crippen LogP contribution in [0.15, 0.2) is 28.7 Å². The van der Waals surface area contributed by atoms with E-state index in [4.69, 9.17) is 4.74 Å². The highest BCUT2D eigenvalue weighted by atomic mass is 79.9. The molecule has 1 N–H and O–H groups in total. The predicted octanol–water partition coefficient (Wildman–Crippen LogP) is 2.22. The second-order valence-corrected chi connectivity index (χ2v) is 7.15. The second-order valence-electron chi connectivity index (χ2n) is 6.23. The normalized spacial score (nSPS) is 17.9. The summed E-state index contributed by atoms with van der Waals surface area (Å²) in [4.78, 5) is 4.74. The van der Waals surface area contributed by atoms with Crippen molar-refractivity contribution in [2.24, 2.45) is 0 Å². The Morgan fingerprint density at radius 1 is 1.10 bits per heavy atom. The van der Waals surface area contributed by atoms with Crippen molar-refractivity contribution in [3.8, 4) is 5.75 Å². The number of β-amino-alcohol motifs (C(OH)–C–C–N with tert-alkyl or cyclic N) is 1. The Hall–Kier alpha value is -0.620. The fraction of sp³-hybridized carbons (Fsp3) is 0.625. The van der Waals surface area contributed by atoms with Gasteiger partial charge in [0.05, 0.1) is 5.60 Å². The Labute approximate surface area is 135 Å².